The van der Waals surface area contributed by atoms with Crippen LogP contribution in [0.25, 0.3) is 0 Å². The molecule has 1 aliphatic carbocycles. The first-order chi connectivity index (χ1) is 10.2. The molecule has 2 aromatic carbocycles. The Morgan fingerprint density at radius 2 is 1.68 bits per heavy atom. The Kier molecular flexibility index (Phi) is 4.49. The molecule has 2 aliphatic rings. The van der Waals surface area contributed by atoms with E-state index in [0.29, 0.717) is 12.0 Å². The van der Waals surface area contributed by atoms with Crippen molar-refractivity contribution in [3.05, 3.63) is 70.2 Å². The minimum Gasteiger partial charge on any atom is -0.303 e. The van der Waals surface area contributed by atoms with Gasteiger partial charge in [-0.1, -0.05) is 48.0 Å². The van der Waals surface area contributed by atoms with Crippen LogP contribution in [0, 0.1) is 0 Å². The number of nitrogens with zero attached hydrogens (tertiary/aromatic N) is 1. The highest BCUT2D eigenvalue weighted by Crippen LogP contribution is 2.47. The fourth-order valence-electron chi connectivity index (χ4n) is 4.26. The second-order valence-corrected chi connectivity index (χ2v) is 6.85. The maximum absolute atomic E-state index is 6.05. The van der Waals surface area contributed by atoms with E-state index in [1.54, 1.807) is 5.56 Å². The average molecular weight is 334 g/mol. The van der Waals surface area contributed by atoms with Gasteiger partial charge >= 0.3 is 0 Å². The van der Waals surface area contributed by atoms with Crippen molar-refractivity contribution in [2.75, 3.05) is 13.6 Å². The van der Waals surface area contributed by atoms with Crippen molar-refractivity contribution in [3.8, 4) is 0 Å². The highest BCUT2D eigenvalue weighted by Gasteiger charge is 2.40. The summed E-state index contributed by atoms with van der Waals surface area (Å²) in [5.74, 6) is 1.22. The topological polar surface area (TPSA) is 3.24 Å². The lowest BCUT2D eigenvalue weighted by atomic mass is 9.71. The van der Waals surface area contributed by atoms with Crippen LogP contribution in [0.4, 0.5) is 0 Å². The Balaban J connectivity index is 0.00000144. The summed E-state index contributed by atoms with van der Waals surface area (Å²) < 4.78 is 0. The first-order valence-electron chi connectivity index (χ1n) is 7.78. The highest BCUT2D eigenvalue weighted by molar-refractivity contribution is 6.30. The van der Waals surface area contributed by atoms with E-state index in [9.17, 15) is 0 Å². The number of hydrogen-bond acceptors (Lipinski definition) is 1. The highest BCUT2D eigenvalue weighted by atomic mass is 35.5. The largest absolute Gasteiger partial charge is 0.303 e. The van der Waals surface area contributed by atoms with Gasteiger partial charge in [-0.15, -0.1) is 12.4 Å². The van der Waals surface area contributed by atoms with Crippen molar-refractivity contribution in [2.24, 2.45) is 0 Å². The van der Waals surface area contributed by atoms with Crippen LogP contribution in [0.3, 0.4) is 0 Å². The summed E-state index contributed by atoms with van der Waals surface area (Å²) in [6.07, 6.45) is 2.52. The third kappa shape index (κ3) is 2.56. The summed E-state index contributed by atoms with van der Waals surface area (Å²) >= 11 is 6.05. The van der Waals surface area contributed by atoms with Gasteiger partial charge < -0.3 is 4.90 Å². The maximum atomic E-state index is 6.05. The number of halogens is 2. The predicted molar refractivity (Wildman–Crippen MR) is 95.4 cm³/mol. The third-order valence-corrected chi connectivity index (χ3v) is 5.60. The van der Waals surface area contributed by atoms with Gasteiger partial charge in [-0.25, -0.2) is 0 Å². The lowest BCUT2D eigenvalue weighted by Crippen LogP contribution is -2.34. The minimum atomic E-state index is 0. The van der Waals surface area contributed by atoms with Gasteiger partial charge in [-0.3, -0.25) is 0 Å². The SMILES string of the molecule is CN1CCC2c3ccccc3C(c3ccc(Cl)cc3)C[C@@H]21.Cl. The lowest BCUT2D eigenvalue weighted by Gasteiger charge is -2.37. The van der Waals surface area contributed by atoms with E-state index in [4.69, 9.17) is 11.6 Å². The number of likely N-dealkylation sites (N-methyl/N-ethyl adjacent to an activating group) is 1. The molecule has 0 bridgehead atoms. The molecule has 3 heteroatoms. The molecule has 4 rings (SSSR count). The zero-order chi connectivity index (χ0) is 14.4. The standard InChI is InChI=1S/C19H20ClN.ClH/c1-21-11-10-17-15-4-2-3-5-16(15)18(12-19(17)21)13-6-8-14(20)9-7-13;/h2-9,17-19H,10-12H2,1H3;1H/t17?,18?,19-;/m0./s1. The summed E-state index contributed by atoms with van der Waals surface area (Å²) in [7, 11) is 2.28. The van der Waals surface area contributed by atoms with Crippen LogP contribution in [0.5, 0.6) is 0 Å². The molecule has 0 aromatic heterocycles. The van der Waals surface area contributed by atoms with Crippen LogP contribution in [0.2, 0.25) is 5.02 Å². The van der Waals surface area contributed by atoms with E-state index in [-0.39, 0.29) is 12.4 Å². The molecular formula is C19H21Cl2N. The molecular weight excluding hydrogens is 313 g/mol. The van der Waals surface area contributed by atoms with Crippen molar-refractivity contribution in [2.45, 2.75) is 30.7 Å². The number of hydrogen-bond donors (Lipinski definition) is 0. The Morgan fingerprint density at radius 1 is 1.00 bits per heavy atom. The fraction of sp³-hybridized carbons (Fsp3) is 0.368. The van der Waals surface area contributed by atoms with Gasteiger partial charge in [0.2, 0.25) is 0 Å². The van der Waals surface area contributed by atoms with Gasteiger partial charge in [0.1, 0.15) is 0 Å². The second-order valence-electron chi connectivity index (χ2n) is 6.41. The van der Waals surface area contributed by atoms with E-state index < -0.39 is 0 Å². The van der Waals surface area contributed by atoms with Gasteiger partial charge in [0.25, 0.3) is 0 Å². The normalized spacial score (nSPS) is 26.9. The lowest BCUT2D eigenvalue weighted by molar-refractivity contribution is 0.265. The molecule has 3 atom stereocenters. The summed E-state index contributed by atoms with van der Waals surface area (Å²) in [4.78, 5) is 2.55. The molecule has 1 heterocycles. The van der Waals surface area contributed by atoms with Crippen molar-refractivity contribution in [1.29, 1.82) is 0 Å². The van der Waals surface area contributed by atoms with E-state index in [2.05, 4.69) is 48.3 Å². The van der Waals surface area contributed by atoms with E-state index in [1.165, 1.54) is 30.5 Å². The number of likely N-dealkylation sites (tertiary alicyclic amines) is 1. The Bertz CT molecular complexity index is 653. The van der Waals surface area contributed by atoms with E-state index >= 15 is 0 Å². The van der Waals surface area contributed by atoms with E-state index in [1.807, 2.05) is 12.1 Å². The first kappa shape index (κ1) is 15.9. The number of rotatable bonds is 1. The fourth-order valence-corrected chi connectivity index (χ4v) is 4.39. The van der Waals surface area contributed by atoms with Crippen LogP contribution in [0.15, 0.2) is 48.5 Å². The first-order valence-corrected chi connectivity index (χ1v) is 8.16. The molecule has 2 unspecified atom stereocenters. The van der Waals surface area contributed by atoms with Crippen molar-refractivity contribution in [3.63, 3.8) is 0 Å². The molecule has 116 valence electrons. The van der Waals surface area contributed by atoms with Crippen LogP contribution in [-0.4, -0.2) is 24.5 Å². The molecule has 1 saturated heterocycles. The van der Waals surface area contributed by atoms with Crippen LogP contribution < -0.4 is 0 Å². The van der Waals surface area contributed by atoms with Gasteiger partial charge in [0, 0.05) is 22.9 Å². The zero-order valence-electron chi connectivity index (χ0n) is 12.7. The van der Waals surface area contributed by atoms with Crippen LogP contribution >= 0.6 is 24.0 Å². The molecule has 0 saturated carbocycles. The maximum Gasteiger partial charge on any atom is 0.0406 e. The Hall–Kier alpha value is -1.02. The molecule has 0 radical (unpaired) electrons. The average Bonchev–Trinajstić information content (AvgIpc) is 2.89. The second kappa shape index (κ2) is 6.23. The molecule has 2 aromatic rings. The Morgan fingerprint density at radius 3 is 2.41 bits per heavy atom. The van der Waals surface area contributed by atoms with Crippen LogP contribution in [0.1, 0.15) is 41.4 Å². The van der Waals surface area contributed by atoms with E-state index in [0.717, 1.165) is 10.9 Å². The van der Waals surface area contributed by atoms with Crippen LogP contribution in [-0.2, 0) is 0 Å². The van der Waals surface area contributed by atoms with Gasteiger partial charge in [0.15, 0.2) is 0 Å². The molecule has 1 aliphatic heterocycles. The zero-order valence-corrected chi connectivity index (χ0v) is 14.3. The summed E-state index contributed by atoms with van der Waals surface area (Å²) in [5.41, 5.74) is 4.49. The number of benzene rings is 2. The summed E-state index contributed by atoms with van der Waals surface area (Å²) in [6, 6.07) is 18.1. The Labute approximate surface area is 143 Å². The predicted octanol–water partition coefficient (Wildman–Crippen LogP) is 5.09. The molecule has 0 amide bonds. The summed E-state index contributed by atoms with van der Waals surface area (Å²) in [5, 5.41) is 0.818. The molecule has 1 nitrogen and oxygen atoms in total. The van der Waals surface area contributed by atoms with Gasteiger partial charge in [-0.2, -0.15) is 0 Å². The quantitative estimate of drug-likeness (QED) is 0.702. The van der Waals surface area contributed by atoms with Crippen molar-refractivity contribution < 1.29 is 0 Å². The smallest absolute Gasteiger partial charge is 0.0406 e. The summed E-state index contributed by atoms with van der Waals surface area (Å²) in [6.45, 7) is 1.22. The third-order valence-electron chi connectivity index (χ3n) is 5.34. The number of fused-ring (bicyclic) bond motifs is 3. The molecule has 0 spiro atoms. The van der Waals surface area contributed by atoms with Crippen molar-refractivity contribution >= 4 is 24.0 Å². The van der Waals surface area contributed by atoms with Gasteiger partial charge in [0.05, 0.1) is 0 Å². The molecule has 1 fully saturated rings. The van der Waals surface area contributed by atoms with Gasteiger partial charge in [-0.05, 0) is 55.3 Å². The molecule has 0 N–H and O–H groups in total. The van der Waals surface area contributed by atoms with Crippen molar-refractivity contribution in [1.82, 2.24) is 4.90 Å². The monoisotopic (exact) mass is 333 g/mol. The minimum absolute atomic E-state index is 0. The molecule has 22 heavy (non-hydrogen) atoms.